The van der Waals surface area contributed by atoms with Crippen molar-refractivity contribution in [3.63, 3.8) is 0 Å². The molecule has 3 aliphatic rings. The summed E-state index contributed by atoms with van der Waals surface area (Å²) in [6.07, 6.45) is 15.1. The van der Waals surface area contributed by atoms with Crippen LogP contribution in [0.15, 0.2) is 0 Å². The van der Waals surface area contributed by atoms with E-state index >= 15 is 0 Å². The molecule has 0 unspecified atom stereocenters. The first-order valence-electron chi connectivity index (χ1n) is 7.89. The molecule has 104 valence electrons. The van der Waals surface area contributed by atoms with Crippen molar-refractivity contribution in [3.8, 4) is 0 Å². The van der Waals surface area contributed by atoms with Crippen molar-refractivity contribution in [2.45, 2.75) is 95.0 Å². The van der Waals surface area contributed by atoms with Crippen molar-refractivity contribution in [3.05, 3.63) is 0 Å². The van der Waals surface area contributed by atoms with Crippen LogP contribution in [-0.2, 0) is 14.5 Å². The Bertz CT molecular complexity index is 250. The van der Waals surface area contributed by atoms with Gasteiger partial charge in [-0.05, 0) is 44.9 Å². The molecular formula is C15H26O3. The molecule has 3 rings (SSSR count). The van der Waals surface area contributed by atoms with Gasteiger partial charge in [-0.1, -0.05) is 19.3 Å². The van der Waals surface area contributed by atoms with Gasteiger partial charge in [0.25, 0.3) is 0 Å². The van der Waals surface area contributed by atoms with E-state index in [1.807, 2.05) is 0 Å². The summed E-state index contributed by atoms with van der Waals surface area (Å²) >= 11 is 0. The third-order valence-electron chi connectivity index (χ3n) is 4.69. The van der Waals surface area contributed by atoms with Crippen LogP contribution in [0.1, 0.15) is 77.0 Å². The maximum Gasteiger partial charge on any atom is 0.201 e. The van der Waals surface area contributed by atoms with E-state index in [0.29, 0.717) is 12.2 Å². The molecule has 3 fully saturated rings. The van der Waals surface area contributed by atoms with Gasteiger partial charge in [0.1, 0.15) is 0 Å². The van der Waals surface area contributed by atoms with E-state index in [0.717, 1.165) is 25.7 Å². The Balaban J connectivity index is 1.53. The van der Waals surface area contributed by atoms with Crippen LogP contribution in [0.3, 0.4) is 0 Å². The second-order valence-electron chi connectivity index (χ2n) is 6.23. The van der Waals surface area contributed by atoms with Gasteiger partial charge in [-0.3, -0.25) is 0 Å². The molecule has 3 heteroatoms. The van der Waals surface area contributed by atoms with Gasteiger partial charge in [0.15, 0.2) is 0 Å². The molecule has 0 spiro atoms. The van der Waals surface area contributed by atoms with E-state index in [4.69, 9.17) is 14.5 Å². The van der Waals surface area contributed by atoms with E-state index in [2.05, 4.69) is 0 Å². The van der Waals surface area contributed by atoms with E-state index < -0.39 is 5.79 Å². The van der Waals surface area contributed by atoms with Gasteiger partial charge in [-0.25, -0.2) is 9.78 Å². The Kier molecular flexibility index (Phi) is 4.22. The molecule has 0 amide bonds. The number of ether oxygens (including phenoxy) is 1. The van der Waals surface area contributed by atoms with Crippen LogP contribution in [0.4, 0.5) is 0 Å². The van der Waals surface area contributed by atoms with E-state index in [9.17, 15) is 0 Å². The second kappa shape index (κ2) is 5.89. The molecule has 0 aliphatic heterocycles. The lowest BCUT2D eigenvalue weighted by molar-refractivity contribution is -0.459. The molecule has 0 saturated heterocycles. The number of hydrogen-bond donors (Lipinski definition) is 0. The molecule has 3 aliphatic carbocycles. The highest BCUT2D eigenvalue weighted by Crippen LogP contribution is 2.38. The molecule has 0 radical (unpaired) electrons. The smallest absolute Gasteiger partial charge is 0.201 e. The van der Waals surface area contributed by atoms with Crippen LogP contribution in [0.25, 0.3) is 0 Å². The Morgan fingerprint density at radius 1 is 0.667 bits per heavy atom. The van der Waals surface area contributed by atoms with E-state index in [1.165, 1.54) is 51.4 Å². The van der Waals surface area contributed by atoms with Gasteiger partial charge in [0, 0.05) is 12.8 Å². The summed E-state index contributed by atoms with van der Waals surface area (Å²) < 4.78 is 6.23. The quantitative estimate of drug-likeness (QED) is 0.420. The van der Waals surface area contributed by atoms with Crippen LogP contribution in [0, 0.1) is 0 Å². The summed E-state index contributed by atoms with van der Waals surface area (Å²) in [4.78, 5) is 11.5. The van der Waals surface area contributed by atoms with E-state index in [-0.39, 0.29) is 0 Å². The molecule has 0 bridgehead atoms. The molecule has 3 nitrogen and oxygen atoms in total. The molecule has 0 aromatic heterocycles. The molecule has 3 saturated carbocycles. The zero-order valence-corrected chi connectivity index (χ0v) is 11.4. The zero-order valence-electron chi connectivity index (χ0n) is 11.4. The standard InChI is InChI=1S/C15H26O3/c1-4-11-15(12-5-1,16-13-9-6-10-13)18-17-14-7-2-3-8-14/h13-14H,1-12H2. The van der Waals surface area contributed by atoms with Crippen molar-refractivity contribution >= 4 is 0 Å². The Morgan fingerprint density at radius 2 is 1.33 bits per heavy atom. The van der Waals surface area contributed by atoms with Crippen molar-refractivity contribution in [1.29, 1.82) is 0 Å². The minimum atomic E-state index is -0.411. The van der Waals surface area contributed by atoms with Crippen molar-refractivity contribution in [2.24, 2.45) is 0 Å². The number of hydrogen-bond acceptors (Lipinski definition) is 3. The van der Waals surface area contributed by atoms with Gasteiger partial charge in [-0.2, -0.15) is 0 Å². The highest BCUT2D eigenvalue weighted by Gasteiger charge is 2.40. The average Bonchev–Trinajstić information content (AvgIpc) is 2.86. The van der Waals surface area contributed by atoms with Gasteiger partial charge < -0.3 is 4.74 Å². The van der Waals surface area contributed by atoms with Crippen molar-refractivity contribution in [1.82, 2.24) is 0 Å². The fourth-order valence-electron chi connectivity index (χ4n) is 3.24. The predicted octanol–water partition coefficient (Wildman–Crippen LogP) is 4.11. The highest BCUT2D eigenvalue weighted by atomic mass is 17.2. The van der Waals surface area contributed by atoms with E-state index in [1.54, 1.807) is 0 Å². The summed E-state index contributed by atoms with van der Waals surface area (Å²) in [5.41, 5.74) is 0. The lowest BCUT2D eigenvalue weighted by Gasteiger charge is -2.41. The minimum Gasteiger partial charge on any atom is -0.344 e. The second-order valence-corrected chi connectivity index (χ2v) is 6.23. The maximum absolute atomic E-state index is 6.23. The highest BCUT2D eigenvalue weighted by molar-refractivity contribution is 4.79. The normalized spacial score (nSPS) is 29.3. The summed E-state index contributed by atoms with van der Waals surface area (Å²) in [6.45, 7) is 0. The molecule has 0 aromatic carbocycles. The first-order valence-corrected chi connectivity index (χ1v) is 7.89. The fourth-order valence-corrected chi connectivity index (χ4v) is 3.24. The fraction of sp³-hybridized carbons (Fsp3) is 1.00. The monoisotopic (exact) mass is 254 g/mol. The molecule has 0 atom stereocenters. The Labute approximate surface area is 110 Å². The van der Waals surface area contributed by atoms with Crippen LogP contribution in [-0.4, -0.2) is 18.0 Å². The van der Waals surface area contributed by atoms with Gasteiger partial charge in [0.05, 0.1) is 12.2 Å². The summed E-state index contributed by atoms with van der Waals surface area (Å²) in [5, 5.41) is 0. The predicted molar refractivity (Wildman–Crippen MR) is 69.0 cm³/mol. The third-order valence-corrected chi connectivity index (χ3v) is 4.69. The molecule has 18 heavy (non-hydrogen) atoms. The van der Waals surface area contributed by atoms with Gasteiger partial charge in [-0.15, -0.1) is 0 Å². The SMILES string of the molecule is C1CCC(OOC2CCCC2)(OC2CCC2)CC1. The zero-order chi connectivity index (χ0) is 12.3. The van der Waals surface area contributed by atoms with Crippen molar-refractivity contribution < 1.29 is 14.5 Å². The minimum absolute atomic E-state index is 0.314. The first kappa shape index (κ1) is 12.9. The molecule has 0 heterocycles. The molecule has 0 N–H and O–H groups in total. The molecule has 0 aromatic rings. The van der Waals surface area contributed by atoms with Crippen LogP contribution < -0.4 is 0 Å². The maximum atomic E-state index is 6.23. The largest absolute Gasteiger partial charge is 0.344 e. The Morgan fingerprint density at radius 3 is 1.94 bits per heavy atom. The van der Waals surface area contributed by atoms with Crippen LogP contribution >= 0.6 is 0 Å². The van der Waals surface area contributed by atoms with Crippen molar-refractivity contribution in [2.75, 3.05) is 0 Å². The van der Waals surface area contributed by atoms with Crippen LogP contribution in [0.2, 0.25) is 0 Å². The lowest BCUT2D eigenvalue weighted by Crippen LogP contribution is -2.44. The summed E-state index contributed by atoms with van der Waals surface area (Å²) in [6, 6.07) is 0. The topological polar surface area (TPSA) is 27.7 Å². The average molecular weight is 254 g/mol. The molecular weight excluding hydrogens is 228 g/mol. The third kappa shape index (κ3) is 3.06. The Hall–Kier alpha value is -0.120. The van der Waals surface area contributed by atoms with Gasteiger partial charge in [0.2, 0.25) is 5.79 Å². The summed E-state index contributed by atoms with van der Waals surface area (Å²) in [7, 11) is 0. The summed E-state index contributed by atoms with van der Waals surface area (Å²) in [5.74, 6) is -0.411. The first-order chi connectivity index (χ1) is 8.86. The van der Waals surface area contributed by atoms with Gasteiger partial charge >= 0.3 is 0 Å². The lowest BCUT2D eigenvalue weighted by atomic mass is 9.91. The number of rotatable bonds is 5. The van der Waals surface area contributed by atoms with Crippen LogP contribution in [0.5, 0.6) is 0 Å².